The predicted octanol–water partition coefficient (Wildman–Crippen LogP) is 10.1. The number of carbonyl (C=O) groups excluding carboxylic acids is 2. The van der Waals surface area contributed by atoms with Gasteiger partial charge in [-0.1, -0.05) is 61.8 Å². The van der Waals surface area contributed by atoms with Crippen LogP contribution in [0.1, 0.15) is 78.3 Å². The van der Waals surface area contributed by atoms with Crippen molar-refractivity contribution < 1.29 is 18.4 Å². The number of aliphatic imine (C=N–C) groups is 2. The Bertz CT molecular complexity index is 1910. The van der Waals surface area contributed by atoms with E-state index in [1.165, 1.54) is 47.8 Å². The highest BCUT2D eigenvalue weighted by Gasteiger charge is 2.19. The van der Waals surface area contributed by atoms with Crippen molar-refractivity contribution in [3.05, 3.63) is 107 Å². The van der Waals surface area contributed by atoms with E-state index in [0.717, 1.165) is 62.2 Å². The van der Waals surface area contributed by atoms with Crippen LogP contribution in [0, 0.1) is 11.6 Å². The summed E-state index contributed by atoms with van der Waals surface area (Å²) < 4.78 is 27.0. The molecule has 0 aromatic heterocycles. The summed E-state index contributed by atoms with van der Waals surface area (Å²) in [7, 11) is 0. The molecule has 11 heteroatoms. The van der Waals surface area contributed by atoms with Crippen LogP contribution in [0.4, 0.5) is 20.2 Å². The average Bonchev–Trinajstić information content (AvgIpc) is 3.30. The highest BCUT2D eigenvalue weighted by atomic mass is 35.5. The third-order valence-electron chi connectivity index (χ3n) is 7.52. The number of nitrogens with one attached hydrogen (secondary N) is 2. The summed E-state index contributed by atoms with van der Waals surface area (Å²) >= 11 is 9.19. The fraction of sp³-hybridized carbons (Fsp3) is 0.243. The van der Waals surface area contributed by atoms with Crippen LogP contribution in [0.5, 0.6) is 0 Å². The van der Waals surface area contributed by atoms with Crippen molar-refractivity contribution in [1.29, 1.82) is 0 Å². The fourth-order valence-electron chi connectivity index (χ4n) is 4.90. The molecule has 0 saturated carbocycles. The first-order chi connectivity index (χ1) is 23.2. The quantitative estimate of drug-likeness (QED) is 0.179. The zero-order valence-corrected chi connectivity index (χ0v) is 29.2. The van der Waals surface area contributed by atoms with E-state index in [4.69, 9.17) is 11.6 Å². The molecule has 0 atom stereocenters. The Kier molecular flexibility index (Phi) is 12.1. The number of amides is 2. The van der Waals surface area contributed by atoms with Gasteiger partial charge >= 0.3 is 0 Å². The molecule has 2 amide bonds. The van der Waals surface area contributed by atoms with E-state index < -0.39 is 0 Å². The van der Waals surface area contributed by atoms with Gasteiger partial charge in [-0.25, -0.2) is 13.8 Å². The minimum absolute atomic E-state index is 0.0862. The highest BCUT2D eigenvalue weighted by molar-refractivity contribution is 7.99. The van der Waals surface area contributed by atoms with E-state index in [1.54, 1.807) is 36.4 Å². The van der Waals surface area contributed by atoms with Crippen molar-refractivity contribution >= 4 is 69.2 Å². The van der Waals surface area contributed by atoms with Gasteiger partial charge in [0.05, 0.1) is 11.4 Å². The average molecular weight is 705 g/mol. The van der Waals surface area contributed by atoms with Crippen LogP contribution in [0.15, 0.2) is 102 Å². The van der Waals surface area contributed by atoms with Gasteiger partial charge < -0.3 is 10.6 Å². The van der Waals surface area contributed by atoms with Crippen molar-refractivity contribution in [3.63, 3.8) is 0 Å². The summed E-state index contributed by atoms with van der Waals surface area (Å²) in [6.07, 6.45) is 3.97. The van der Waals surface area contributed by atoms with E-state index >= 15 is 0 Å². The number of nitrogens with zero attached hydrogens (tertiary/aromatic N) is 2. The molecule has 2 aliphatic heterocycles. The Hall–Kier alpha value is -3.99. The molecule has 4 aromatic carbocycles. The molecule has 0 saturated heterocycles. The van der Waals surface area contributed by atoms with Crippen molar-refractivity contribution in [3.8, 4) is 0 Å². The third-order valence-corrected chi connectivity index (χ3v) is 10.1. The van der Waals surface area contributed by atoms with Gasteiger partial charge in [-0.15, -0.1) is 0 Å². The maximum Gasteiger partial charge on any atom is 0.251 e. The normalized spacial score (nSPS) is 12.7. The van der Waals surface area contributed by atoms with Crippen molar-refractivity contribution in [1.82, 2.24) is 10.6 Å². The fourth-order valence-corrected chi connectivity index (χ4v) is 7.27. The third kappa shape index (κ3) is 8.72. The van der Waals surface area contributed by atoms with Crippen LogP contribution < -0.4 is 10.6 Å². The standard InChI is InChI=1S/C19H19FN2OS.C18H16ClFN2OS/c1-3-4-9-21-19(23)13-5-8-17-16(10-13)22-12(2)15-7-6-14(20)11-18(15)24-17;1-2-3-8-21-18(23)11-4-6-16-14(9-11)22-17(19)13-10-12(20)5-7-15(13)24-16/h5-8,10-11H,3-4,9H2,1-2H3,(H,21,23);4-7,9-10H,2-3,8H2,1H3,(H,21,23). The van der Waals surface area contributed by atoms with E-state index in [1.807, 2.05) is 19.1 Å². The highest BCUT2D eigenvalue weighted by Crippen LogP contribution is 2.42. The van der Waals surface area contributed by atoms with Crippen LogP contribution >= 0.6 is 35.1 Å². The lowest BCUT2D eigenvalue weighted by Gasteiger charge is -2.08. The van der Waals surface area contributed by atoms with Crippen LogP contribution in [0.3, 0.4) is 0 Å². The van der Waals surface area contributed by atoms with E-state index in [-0.39, 0.29) is 28.6 Å². The molecule has 2 heterocycles. The van der Waals surface area contributed by atoms with Crippen molar-refractivity contribution in [2.75, 3.05) is 13.1 Å². The lowest BCUT2D eigenvalue weighted by molar-refractivity contribution is 0.0945. The van der Waals surface area contributed by atoms with Gasteiger partial charge in [0.15, 0.2) is 0 Å². The molecule has 0 unspecified atom stereocenters. The summed E-state index contributed by atoms with van der Waals surface area (Å²) in [6.45, 7) is 7.39. The molecule has 6 nitrogen and oxygen atoms in total. The molecule has 0 spiro atoms. The molecule has 2 N–H and O–H groups in total. The van der Waals surface area contributed by atoms with Gasteiger partial charge in [0.2, 0.25) is 0 Å². The number of hydrogen-bond donors (Lipinski definition) is 2. The molecule has 6 rings (SSSR count). The van der Waals surface area contributed by atoms with Crippen LogP contribution in [0.2, 0.25) is 0 Å². The largest absolute Gasteiger partial charge is 0.352 e. The smallest absolute Gasteiger partial charge is 0.251 e. The second kappa shape index (κ2) is 16.4. The van der Waals surface area contributed by atoms with Gasteiger partial charge in [0.25, 0.3) is 11.8 Å². The number of unbranched alkanes of at least 4 members (excludes halogenated alkanes) is 2. The van der Waals surface area contributed by atoms with E-state index in [0.29, 0.717) is 35.5 Å². The molecular formula is C37H35ClF2N4O2S2. The summed E-state index contributed by atoms with van der Waals surface area (Å²) in [5.41, 5.74) is 4.80. The topological polar surface area (TPSA) is 82.9 Å². The van der Waals surface area contributed by atoms with Gasteiger partial charge in [0.1, 0.15) is 16.8 Å². The second-order valence-corrected chi connectivity index (χ2v) is 13.7. The van der Waals surface area contributed by atoms with Crippen molar-refractivity contribution in [2.45, 2.75) is 66.0 Å². The molecule has 248 valence electrons. The molecule has 0 bridgehead atoms. The van der Waals surface area contributed by atoms with Crippen molar-refractivity contribution in [2.24, 2.45) is 9.98 Å². The van der Waals surface area contributed by atoms with E-state index in [2.05, 4.69) is 34.5 Å². The Labute approximate surface area is 292 Å². The number of hydrogen-bond acceptors (Lipinski definition) is 6. The minimum Gasteiger partial charge on any atom is -0.352 e. The van der Waals surface area contributed by atoms with Gasteiger partial charge in [0, 0.05) is 60.6 Å². The number of halogens is 3. The number of carbonyl (C=O) groups is 2. The number of fused-ring (bicyclic) bond motifs is 4. The molecule has 0 radical (unpaired) electrons. The Morgan fingerprint density at radius 2 is 1.19 bits per heavy atom. The van der Waals surface area contributed by atoms with Crippen LogP contribution in [0.25, 0.3) is 0 Å². The lowest BCUT2D eigenvalue weighted by Crippen LogP contribution is -2.24. The van der Waals surface area contributed by atoms with Crippen LogP contribution in [-0.2, 0) is 0 Å². The molecule has 4 aromatic rings. The number of benzene rings is 4. The zero-order chi connectivity index (χ0) is 34.2. The minimum atomic E-state index is -0.357. The molecular weight excluding hydrogens is 670 g/mol. The summed E-state index contributed by atoms with van der Waals surface area (Å²) in [5.74, 6) is -0.832. The van der Waals surface area contributed by atoms with Gasteiger partial charge in [-0.05, 0) is 92.6 Å². The first-order valence-corrected chi connectivity index (χ1v) is 17.8. The summed E-state index contributed by atoms with van der Waals surface area (Å²) in [6, 6.07) is 20.0. The maximum absolute atomic E-state index is 13.5. The van der Waals surface area contributed by atoms with Crippen LogP contribution in [-0.4, -0.2) is 35.8 Å². The predicted molar refractivity (Wildman–Crippen MR) is 192 cm³/mol. The maximum atomic E-state index is 13.5. The van der Waals surface area contributed by atoms with Gasteiger partial charge in [-0.2, -0.15) is 0 Å². The SMILES string of the molecule is CCCCNC(=O)c1ccc2c(c1)N=C(C)c1ccc(F)cc1S2.CCCCNC(=O)c1ccc2c(c1)N=C(Cl)c1cc(F)ccc1S2. The summed E-state index contributed by atoms with van der Waals surface area (Å²) in [4.78, 5) is 36.9. The Morgan fingerprint density at radius 3 is 1.79 bits per heavy atom. The molecule has 0 fully saturated rings. The van der Waals surface area contributed by atoms with E-state index in [9.17, 15) is 18.4 Å². The lowest BCUT2D eigenvalue weighted by atomic mass is 10.1. The second-order valence-electron chi connectivity index (χ2n) is 11.2. The Balaban J connectivity index is 0.000000188. The zero-order valence-electron chi connectivity index (χ0n) is 26.8. The number of rotatable bonds is 8. The van der Waals surface area contributed by atoms with Gasteiger partial charge in [-0.3, -0.25) is 14.6 Å². The molecule has 0 aliphatic carbocycles. The summed E-state index contributed by atoms with van der Waals surface area (Å²) in [5, 5.41) is 6.02. The first-order valence-electron chi connectivity index (χ1n) is 15.8. The molecule has 2 aliphatic rings. The monoisotopic (exact) mass is 704 g/mol. The molecule has 48 heavy (non-hydrogen) atoms. The Morgan fingerprint density at radius 1 is 0.667 bits per heavy atom. The first kappa shape index (κ1) is 35.3.